The van der Waals surface area contributed by atoms with E-state index in [1.54, 1.807) is 5.56 Å². The van der Waals surface area contributed by atoms with Crippen LogP contribution in [0.2, 0.25) is 0 Å². The van der Waals surface area contributed by atoms with E-state index in [2.05, 4.69) is 41.4 Å². The number of para-hydroxylation sites is 1. The third-order valence-electron chi connectivity index (χ3n) is 5.64. The van der Waals surface area contributed by atoms with Crippen molar-refractivity contribution in [3.05, 3.63) is 47.7 Å². The van der Waals surface area contributed by atoms with Gasteiger partial charge >= 0.3 is 0 Å². The molecule has 1 aromatic carbocycles. The number of hydrogen-bond acceptors (Lipinski definition) is 0. The fraction of sp³-hybridized carbons (Fsp3) is 0.412. The number of rotatable bonds is 0. The van der Waals surface area contributed by atoms with Gasteiger partial charge in [0.1, 0.15) is 0 Å². The zero-order valence-corrected chi connectivity index (χ0v) is 10.4. The van der Waals surface area contributed by atoms with E-state index in [0.717, 1.165) is 5.92 Å². The van der Waals surface area contributed by atoms with Crippen LogP contribution in [0.3, 0.4) is 0 Å². The largest absolute Gasteiger partial charge is 0.358 e. The molecule has 2 atom stereocenters. The van der Waals surface area contributed by atoms with Crippen LogP contribution >= 0.6 is 0 Å². The van der Waals surface area contributed by atoms with Gasteiger partial charge in [-0.05, 0) is 36.8 Å². The predicted molar refractivity (Wildman–Crippen MR) is 73.8 cm³/mol. The topological polar surface area (TPSA) is 15.8 Å². The number of hydrogen-bond donors (Lipinski definition) is 1. The Bertz CT molecular complexity index is 672. The summed E-state index contributed by atoms with van der Waals surface area (Å²) < 4.78 is 0. The molecular weight excluding hydrogens is 218 g/mol. The Labute approximate surface area is 107 Å². The maximum atomic E-state index is 3.72. The summed E-state index contributed by atoms with van der Waals surface area (Å²) in [6.45, 7) is 0. The van der Waals surface area contributed by atoms with Gasteiger partial charge in [0.15, 0.2) is 0 Å². The second-order valence-electron chi connectivity index (χ2n) is 6.30. The van der Waals surface area contributed by atoms with Gasteiger partial charge in [0.25, 0.3) is 0 Å². The maximum absolute atomic E-state index is 3.72. The molecule has 0 unspecified atom stereocenters. The highest BCUT2D eigenvalue weighted by molar-refractivity contribution is 5.87. The van der Waals surface area contributed by atoms with Crippen molar-refractivity contribution < 1.29 is 0 Å². The van der Waals surface area contributed by atoms with E-state index in [1.807, 2.05) is 0 Å². The van der Waals surface area contributed by atoms with Gasteiger partial charge in [0, 0.05) is 27.9 Å². The summed E-state index contributed by atoms with van der Waals surface area (Å²) in [6, 6.07) is 8.88. The third kappa shape index (κ3) is 0.890. The first-order valence-corrected chi connectivity index (χ1v) is 7.18. The summed E-state index contributed by atoms with van der Waals surface area (Å²) in [5, 5.41) is 1.49. The van der Waals surface area contributed by atoms with Crippen LogP contribution in [-0.2, 0) is 5.41 Å². The van der Waals surface area contributed by atoms with E-state index < -0.39 is 0 Å². The number of aromatic amines is 1. The van der Waals surface area contributed by atoms with Crippen molar-refractivity contribution in [1.29, 1.82) is 0 Å². The van der Waals surface area contributed by atoms with Crippen LogP contribution in [0.5, 0.6) is 0 Å². The number of benzene rings is 1. The molecule has 1 heteroatoms. The monoisotopic (exact) mass is 235 g/mol. The normalized spacial score (nSPS) is 30.7. The average Bonchev–Trinajstić information content (AvgIpc) is 2.92. The zero-order chi connectivity index (χ0) is 11.7. The molecule has 5 rings (SSSR count). The lowest BCUT2D eigenvalue weighted by atomic mass is 9.54. The molecule has 1 aromatic heterocycles. The van der Waals surface area contributed by atoms with E-state index in [-0.39, 0.29) is 0 Å². The minimum Gasteiger partial charge on any atom is -0.358 e. The lowest BCUT2D eigenvalue weighted by Crippen LogP contribution is -2.43. The zero-order valence-electron chi connectivity index (χ0n) is 10.4. The van der Waals surface area contributed by atoms with Crippen LogP contribution < -0.4 is 0 Å². The Morgan fingerprint density at radius 1 is 1.11 bits per heavy atom. The van der Waals surface area contributed by atoms with Gasteiger partial charge in [-0.2, -0.15) is 0 Å². The molecule has 1 saturated carbocycles. The Kier molecular flexibility index (Phi) is 1.52. The number of aromatic nitrogens is 1. The molecule has 1 heterocycles. The molecule has 0 aliphatic heterocycles. The Hall–Kier alpha value is -1.50. The molecule has 1 spiro atoms. The number of nitrogens with one attached hydrogen (secondary N) is 1. The van der Waals surface area contributed by atoms with Gasteiger partial charge in [0.05, 0.1) is 0 Å². The molecule has 0 saturated heterocycles. The Morgan fingerprint density at radius 3 is 2.83 bits per heavy atom. The standard InChI is InChI=1S/C17H17N/c1-2-5-14-13(4-1)15-16(18-14)11-6-7-12(10-11)17(15)8-3-9-17/h1-2,4-7,11-12,18H,3,8-10H2/t11-,12+/m0/s1. The molecule has 18 heavy (non-hydrogen) atoms. The average molecular weight is 235 g/mol. The van der Waals surface area contributed by atoms with Crippen molar-refractivity contribution >= 4 is 10.9 Å². The smallest absolute Gasteiger partial charge is 0.0459 e. The highest BCUT2D eigenvalue weighted by Gasteiger charge is 2.52. The Morgan fingerprint density at radius 2 is 2.00 bits per heavy atom. The van der Waals surface area contributed by atoms with Crippen molar-refractivity contribution in [2.45, 2.75) is 37.0 Å². The highest BCUT2D eigenvalue weighted by Crippen LogP contribution is 2.61. The van der Waals surface area contributed by atoms with Crippen molar-refractivity contribution in [3.63, 3.8) is 0 Å². The molecule has 90 valence electrons. The molecule has 3 aliphatic rings. The number of allylic oxidation sites excluding steroid dienone is 2. The van der Waals surface area contributed by atoms with E-state index in [9.17, 15) is 0 Å². The van der Waals surface area contributed by atoms with E-state index in [0.29, 0.717) is 11.3 Å². The van der Waals surface area contributed by atoms with Gasteiger partial charge < -0.3 is 4.98 Å². The van der Waals surface area contributed by atoms with Gasteiger partial charge in [-0.15, -0.1) is 0 Å². The molecule has 2 aromatic rings. The minimum atomic E-state index is 0.485. The van der Waals surface area contributed by atoms with Crippen LogP contribution in [0.1, 0.15) is 42.9 Å². The van der Waals surface area contributed by atoms with Crippen molar-refractivity contribution in [3.8, 4) is 0 Å². The fourth-order valence-corrected chi connectivity index (χ4v) is 4.66. The third-order valence-corrected chi connectivity index (χ3v) is 5.64. The summed E-state index contributed by atoms with van der Waals surface area (Å²) in [7, 11) is 0. The van der Waals surface area contributed by atoms with E-state index in [1.165, 1.54) is 42.3 Å². The van der Waals surface area contributed by atoms with Gasteiger partial charge in [-0.3, -0.25) is 0 Å². The first-order chi connectivity index (χ1) is 8.88. The van der Waals surface area contributed by atoms with Crippen LogP contribution in [0, 0.1) is 5.92 Å². The summed E-state index contributed by atoms with van der Waals surface area (Å²) in [5.41, 5.74) is 5.03. The van der Waals surface area contributed by atoms with Crippen molar-refractivity contribution in [1.82, 2.24) is 4.98 Å². The second-order valence-corrected chi connectivity index (χ2v) is 6.30. The summed E-state index contributed by atoms with van der Waals surface area (Å²) in [6.07, 6.45) is 10.5. The minimum absolute atomic E-state index is 0.485. The first-order valence-electron chi connectivity index (χ1n) is 7.18. The van der Waals surface area contributed by atoms with Crippen molar-refractivity contribution in [2.24, 2.45) is 5.92 Å². The van der Waals surface area contributed by atoms with Crippen molar-refractivity contribution in [2.75, 3.05) is 0 Å². The summed E-state index contributed by atoms with van der Waals surface area (Å²) in [5.74, 6) is 1.46. The molecular formula is C17H17N. The summed E-state index contributed by atoms with van der Waals surface area (Å²) >= 11 is 0. The molecule has 0 radical (unpaired) electrons. The molecule has 1 N–H and O–H groups in total. The highest BCUT2D eigenvalue weighted by atomic mass is 14.8. The van der Waals surface area contributed by atoms with Gasteiger partial charge in [-0.1, -0.05) is 36.8 Å². The lowest BCUT2D eigenvalue weighted by Gasteiger charge is -2.49. The molecule has 0 amide bonds. The maximum Gasteiger partial charge on any atom is 0.0459 e. The molecule has 1 fully saturated rings. The quantitative estimate of drug-likeness (QED) is 0.657. The van der Waals surface area contributed by atoms with Crippen LogP contribution in [0.4, 0.5) is 0 Å². The van der Waals surface area contributed by atoms with Gasteiger partial charge in [0.2, 0.25) is 0 Å². The number of H-pyrrole nitrogens is 1. The number of fused-ring (bicyclic) bond motifs is 8. The predicted octanol–water partition coefficient (Wildman–Crippen LogP) is 4.26. The van der Waals surface area contributed by atoms with Crippen LogP contribution in [0.25, 0.3) is 10.9 Å². The molecule has 1 nitrogen and oxygen atoms in total. The van der Waals surface area contributed by atoms with E-state index in [4.69, 9.17) is 0 Å². The van der Waals surface area contributed by atoms with Gasteiger partial charge in [-0.25, -0.2) is 0 Å². The fourth-order valence-electron chi connectivity index (χ4n) is 4.66. The lowest BCUT2D eigenvalue weighted by molar-refractivity contribution is 0.161. The molecule has 2 bridgehead atoms. The van der Waals surface area contributed by atoms with E-state index >= 15 is 0 Å². The summed E-state index contributed by atoms with van der Waals surface area (Å²) in [4.78, 5) is 3.72. The molecule has 3 aliphatic carbocycles. The first kappa shape index (κ1) is 9.43. The van der Waals surface area contributed by atoms with Crippen LogP contribution in [0.15, 0.2) is 36.4 Å². The SMILES string of the molecule is C1=C[C@H]2C[C@@H]1C1(CCC1)c1c2[nH]c2ccccc12. The second kappa shape index (κ2) is 2.90. The van der Waals surface area contributed by atoms with Crippen LogP contribution in [-0.4, -0.2) is 4.98 Å². The Balaban J connectivity index is 1.91.